The van der Waals surface area contributed by atoms with Crippen molar-refractivity contribution in [2.45, 2.75) is 52.1 Å². The van der Waals surface area contributed by atoms with Crippen molar-refractivity contribution in [1.82, 2.24) is 5.32 Å². The highest BCUT2D eigenvalue weighted by Crippen LogP contribution is 2.35. The molecule has 0 bridgehead atoms. The summed E-state index contributed by atoms with van der Waals surface area (Å²) in [4.78, 5) is 3.20. The minimum Gasteiger partial charge on any atom is -0.308 e. The van der Waals surface area contributed by atoms with Crippen LogP contribution in [-0.2, 0) is 19.4 Å². The molecule has 1 aromatic rings. The Morgan fingerprint density at radius 3 is 3.06 bits per heavy atom. The summed E-state index contributed by atoms with van der Waals surface area (Å²) in [6.07, 6.45) is 5.36. The van der Waals surface area contributed by atoms with Crippen LogP contribution in [0.3, 0.4) is 0 Å². The molecule has 1 unspecified atom stereocenters. The van der Waals surface area contributed by atoms with Gasteiger partial charge in [-0.3, -0.25) is 0 Å². The van der Waals surface area contributed by atoms with E-state index in [1.54, 1.807) is 15.3 Å². The van der Waals surface area contributed by atoms with Crippen LogP contribution in [0, 0.1) is 5.41 Å². The summed E-state index contributed by atoms with van der Waals surface area (Å²) in [7, 11) is 0. The molecule has 3 rings (SSSR count). The molecule has 0 amide bonds. The summed E-state index contributed by atoms with van der Waals surface area (Å²) in [5.74, 6) is 2.61. The van der Waals surface area contributed by atoms with Gasteiger partial charge in [0, 0.05) is 28.1 Å². The molecule has 0 radical (unpaired) electrons. The van der Waals surface area contributed by atoms with Gasteiger partial charge >= 0.3 is 0 Å². The molecular formula is C15H23NS2. The highest BCUT2D eigenvalue weighted by Gasteiger charge is 2.32. The van der Waals surface area contributed by atoms with Crippen LogP contribution in [0.1, 0.15) is 42.0 Å². The van der Waals surface area contributed by atoms with Crippen molar-refractivity contribution in [2.24, 2.45) is 5.41 Å². The standard InChI is InChI=1S/C15H23NS2/c1-15(2)6-7-17-10-14(15)16-9-12-8-11-4-3-5-13(11)18-12/h8,14,16H,3-7,9-10H2,1-2H3. The number of fused-ring (bicyclic) bond motifs is 1. The fraction of sp³-hybridized carbons (Fsp3) is 0.733. The molecule has 0 spiro atoms. The number of thioether (sulfide) groups is 1. The Morgan fingerprint density at radius 1 is 1.39 bits per heavy atom. The smallest absolute Gasteiger partial charge is 0.0303 e. The van der Waals surface area contributed by atoms with Gasteiger partial charge in [0.25, 0.3) is 0 Å². The molecule has 3 heteroatoms. The number of hydrogen-bond acceptors (Lipinski definition) is 3. The van der Waals surface area contributed by atoms with Crippen LogP contribution in [0.4, 0.5) is 0 Å². The van der Waals surface area contributed by atoms with E-state index in [0.29, 0.717) is 11.5 Å². The molecule has 1 aliphatic heterocycles. The number of rotatable bonds is 3. The van der Waals surface area contributed by atoms with Crippen molar-refractivity contribution >= 4 is 23.1 Å². The summed E-state index contributed by atoms with van der Waals surface area (Å²) in [5.41, 5.74) is 2.10. The second-order valence-corrected chi connectivity index (χ2v) is 8.63. The van der Waals surface area contributed by atoms with E-state index in [-0.39, 0.29) is 0 Å². The third-order valence-corrected chi connectivity index (χ3v) is 6.74. The van der Waals surface area contributed by atoms with Crippen LogP contribution in [-0.4, -0.2) is 17.5 Å². The summed E-state index contributed by atoms with van der Waals surface area (Å²) in [6, 6.07) is 3.12. The lowest BCUT2D eigenvalue weighted by atomic mass is 9.82. The third kappa shape index (κ3) is 2.63. The Hall–Kier alpha value is 0.01000. The van der Waals surface area contributed by atoms with Crippen molar-refractivity contribution in [3.63, 3.8) is 0 Å². The van der Waals surface area contributed by atoms with Gasteiger partial charge in [-0.1, -0.05) is 13.8 Å². The summed E-state index contributed by atoms with van der Waals surface area (Å²) < 4.78 is 0. The molecule has 0 aromatic carbocycles. The fourth-order valence-corrected chi connectivity index (χ4v) is 5.83. The van der Waals surface area contributed by atoms with Crippen LogP contribution in [0.2, 0.25) is 0 Å². The molecule has 1 fully saturated rings. The van der Waals surface area contributed by atoms with Crippen LogP contribution < -0.4 is 5.32 Å². The SMILES string of the molecule is CC1(C)CCSCC1NCc1cc2c(s1)CCC2. The first-order chi connectivity index (χ1) is 8.65. The molecule has 1 aliphatic carbocycles. The maximum atomic E-state index is 3.81. The van der Waals surface area contributed by atoms with E-state index in [9.17, 15) is 0 Å². The lowest BCUT2D eigenvalue weighted by Crippen LogP contribution is -2.46. The summed E-state index contributed by atoms with van der Waals surface area (Å²) >= 11 is 4.15. The molecule has 100 valence electrons. The fourth-order valence-electron chi connectivity index (χ4n) is 2.97. The van der Waals surface area contributed by atoms with E-state index in [4.69, 9.17) is 0 Å². The zero-order chi connectivity index (χ0) is 12.6. The van der Waals surface area contributed by atoms with Crippen LogP contribution in [0.15, 0.2) is 6.07 Å². The maximum Gasteiger partial charge on any atom is 0.0303 e. The van der Waals surface area contributed by atoms with Crippen LogP contribution in [0.25, 0.3) is 0 Å². The second kappa shape index (κ2) is 5.18. The average molecular weight is 281 g/mol. The minimum absolute atomic E-state index is 0.464. The van der Waals surface area contributed by atoms with Crippen molar-refractivity contribution in [2.75, 3.05) is 11.5 Å². The minimum atomic E-state index is 0.464. The van der Waals surface area contributed by atoms with E-state index < -0.39 is 0 Å². The average Bonchev–Trinajstić information content (AvgIpc) is 2.87. The van der Waals surface area contributed by atoms with Gasteiger partial charge in [0.1, 0.15) is 0 Å². The zero-order valence-electron chi connectivity index (χ0n) is 11.4. The van der Waals surface area contributed by atoms with E-state index in [1.807, 2.05) is 11.3 Å². The highest BCUT2D eigenvalue weighted by molar-refractivity contribution is 7.99. The lowest BCUT2D eigenvalue weighted by molar-refractivity contribution is 0.245. The zero-order valence-corrected chi connectivity index (χ0v) is 13.1. The highest BCUT2D eigenvalue weighted by atomic mass is 32.2. The van der Waals surface area contributed by atoms with Gasteiger partial charge in [0.15, 0.2) is 0 Å². The first-order valence-electron chi connectivity index (χ1n) is 7.07. The number of thiophene rings is 1. The quantitative estimate of drug-likeness (QED) is 0.903. The summed E-state index contributed by atoms with van der Waals surface area (Å²) in [6.45, 7) is 5.91. The maximum absolute atomic E-state index is 3.81. The number of aryl methyl sites for hydroxylation is 2. The third-order valence-electron chi connectivity index (χ3n) is 4.44. The van der Waals surface area contributed by atoms with E-state index >= 15 is 0 Å². The molecular weight excluding hydrogens is 258 g/mol. The normalized spacial score (nSPS) is 26.2. The molecule has 1 N–H and O–H groups in total. The lowest BCUT2D eigenvalue weighted by Gasteiger charge is -2.38. The van der Waals surface area contributed by atoms with Gasteiger partial charge in [-0.05, 0) is 48.5 Å². The predicted molar refractivity (Wildman–Crippen MR) is 82.7 cm³/mol. The van der Waals surface area contributed by atoms with Crippen molar-refractivity contribution < 1.29 is 0 Å². The van der Waals surface area contributed by atoms with Gasteiger partial charge in [0.2, 0.25) is 0 Å². The van der Waals surface area contributed by atoms with E-state index in [1.165, 1.54) is 37.2 Å². The van der Waals surface area contributed by atoms with Crippen molar-refractivity contribution in [1.29, 1.82) is 0 Å². The van der Waals surface area contributed by atoms with Crippen molar-refractivity contribution in [3.05, 3.63) is 21.4 Å². The monoisotopic (exact) mass is 281 g/mol. The topological polar surface area (TPSA) is 12.0 Å². The molecule has 1 atom stereocenters. The van der Waals surface area contributed by atoms with Gasteiger partial charge < -0.3 is 5.32 Å². The molecule has 2 aliphatic rings. The number of nitrogens with one attached hydrogen (secondary N) is 1. The summed E-state index contributed by atoms with van der Waals surface area (Å²) in [5, 5.41) is 3.81. The Bertz CT molecular complexity index is 401. The Morgan fingerprint density at radius 2 is 2.28 bits per heavy atom. The van der Waals surface area contributed by atoms with Gasteiger partial charge in [-0.15, -0.1) is 11.3 Å². The van der Waals surface area contributed by atoms with E-state index in [2.05, 4.69) is 37.0 Å². The van der Waals surface area contributed by atoms with Crippen LogP contribution in [0.5, 0.6) is 0 Å². The molecule has 1 saturated heterocycles. The van der Waals surface area contributed by atoms with Gasteiger partial charge in [-0.25, -0.2) is 0 Å². The second-order valence-electron chi connectivity index (χ2n) is 6.26. The molecule has 1 aromatic heterocycles. The predicted octanol–water partition coefficient (Wildman–Crippen LogP) is 3.86. The Kier molecular flexibility index (Phi) is 3.75. The van der Waals surface area contributed by atoms with E-state index in [0.717, 1.165) is 6.54 Å². The molecule has 0 saturated carbocycles. The first-order valence-corrected chi connectivity index (χ1v) is 9.04. The number of hydrogen-bond donors (Lipinski definition) is 1. The van der Waals surface area contributed by atoms with Crippen molar-refractivity contribution in [3.8, 4) is 0 Å². The van der Waals surface area contributed by atoms with Gasteiger partial charge in [0.05, 0.1) is 0 Å². The van der Waals surface area contributed by atoms with Crippen LogP contribution >= 0.6 is 23.1 Å². The molecule has 2 heterocycles. The largest absolute Gasteiger partial charge is 0.308 e. The van der Waals surface area contributed by atoms with Gasteiger partial charge in [-0.2, -0.15) is 11.8 Å². The molecule has 1 nitrogen and oxygen atoms in total. The molecule has 18 heavy (non-hydrogen) atoms. The Balaban J connectivity index is 1.60. The first kappa shape index (κ1) is 13.0. The Labute approximate surface area is 119 Å².